The highest BCUT2D eigenvalue weighted by molar-refractivity contribution is 7.10. The van der Waals surface area contributed by atoms with Crippen molar-refractivity contribution in [3.8, 4) is 11.8 Å². The van der Waals surface area contributed by atoms with E-state index in [9.17, 15) is 0 Å². The molecular weight excluding hydrogens is 244 g/mol. The molecule has 92 valence electrons. The molecule has 1 heterocycles. The third kappa shape index (κ3) is 2.63. The van der Waals surface area contributed by atoms with Crippen LogP contribution in [0.1, 0.15) is 23.4 Å². The fourth-order valence-electron chi connectivity index (χ4n) is 1.72. The van der Waals surface area contributed by atoms with Crippen LogP contribution in [-0.4, -0.2) is 7.11 Å². The summed E-state index contributed by atoms with van der Waals surface area (Å²) < 4.78 is 5.30. The Hall–Kier alpha value is -1.99. The summed E-state index contributed by atoms with van der Waals surface area (Å²) in [6.45, 7) is 2.10. The van der Waals surface area contributed by atoms with Crippen molar-refractivity contribution in [2.24, 2.45) is 0 Å². The lowest BCUT2D eigenvalue weighted by molar-refractivity contribution is 0.416. The molecule has 4 heteroatoms. The van der Waals surface area contributed by atoms with E-state index in [0.29, 0.717) is 11.3 Å². The van der Waals surface area contributed by atoms with Crippen molar-refractivity contribution >= 4 is 17.0 Å². The molecule has 1 N–H and O–H groups in total. The number of hydrogen-bond acceptors (Lipinski definition) is 4. The van der Waals surface area contributed by atoms with E-state index in [0.717, 1.165) is 5.69 Å². The molecule has 0 saturated carbocycles. The van der Waals surface area contributed by atoms with Gasteiger partial charge in [-0.25, -0.2) is 0 Å². The lowest BCUT2D eigenvalue weighted by atomic mass is 10.2. The van der Waals surface area contributed by atoms with Crippen LogP contribution in [0.5, 0.6) is 5.75 Å². The fraction of sp³-hybridized carbons (Fsp3) is 0.214. The molecule has 0 spiro atoms. The Morgan fingerprint density at radius 3 is 2.83 bits per heavy atom. The largest absolute Gasteiger partial charge is 0.495 e. The van der Waals surface area contributed by atoms with Gasteiger partial charge < -0.3 is 10.1 Å². The Kier molecular flexibility index (Phi) is 3.85. The van der Waals surface area contributed by atoms with E-state index >= 15 is 0 Å². The highest BCUT2D eigenvalue weighted by Gasteiger charge is 2.10. The second-order valence-corrected chi connectivity index (χ2v) is 4.89. The minimum absolute atomic E-state index is 0.215. The highest BCUT2D eigenvalue weighted by atomic mass is 32.1. The van der Waals surface area contributed by atoms with Crippen LogP contribution >= 0.6 is 11.3 Å². The zero-order valence-corrected chi connectivity index (χ0v) is 11.1. The van der Waals surface area contributed by atoms with Gasteiger partial charge in [0.25, 0.3) is 0 Å². The minimum Gasteiger partial charge on any atom is -0.495 e. The molecule has 18 heavy (non-hydrogen) atoms. The molecule has 0 radical (unpaired) electrons. The SMILES string of the molecule is COc1cc(C#N)ccc1NC(C)c1cccs1. The van der Waals surface area contributed by atoms with Crippen molar-refractivity contribution in [2.75, 3.05) is 12.4 Å². The van der Waals surface area contributed by atoms with Crippen LogP contribution in [0.15, 0.2) is 35.7 Å². The van der Waals surface area contributed by atoms with Gasteiger partial charge in [-0.15, -0.1) is 11.3 Å². The average molecular weight is 258 g/mol. The van der Waals surface area contributed by atoms with E-state index < -0.39 is 0 Å². The van der Waals surface area contributed by atoms with Crippen LogP contribution in [0.25, 0.3) is 0 Å². The van der Waals surface area contributed by atoms with Crippen molar-refractivity contribution in [3.05, 3.63) is 46.2 Å². The number of rotatable bonds is 4. The molecule has 2 aromatic rings. The number of anilines is 1. The lowest BCUT2D eigenvalue weighted by Crippen LogP contribution is -2.06. The van der Waals surface area contributed by atoms with Gasteiger partial charge in [0, 0.05) is 10.9 Å². The van der Waals surface area contributed by atoms with E-state index in [1.165, 1.54) is 4.88 Å². The topological polar surface area (TPSA) is 45.0 Å². The quantitative estimate of drug-likeness (QED) is 0.907. The first kappa shape index (κ1) is 12.5. The Balaban J connectivity index is 2.21. The van der Waals surface area contributed by atoms with E-state index in [-0.39, 0.29) is 6.04 Å². The first-order chi connectivity index (χ1) is 8.74. The van der Waals surface area contributed by atoms with E-state index in [1.807, 2.05) is 12.1 Å². The first-order valence-electron chi connectivity index (χ1n) is 5.62. The van der Waals surface area contributed by atoms with Gasteiger partial charge in [-0.3, -0.25) is 0 Å². The molecule has 0 amide bonds. The zero-order valence-electron chi connectivity index (χ0n) is 10.3. The highest BCUT2D eigenvalue weighted by Crippen LogP contribution is 2.30. The maximum Gasteiger partial charge on any atom is 0.143 e. The number of nitrogens with zero attached hydrogens (tertiary/aromatic N) is 1. The summed E-state index contributed by atoms with van der Waals surface area (Å²) in [7, 11) is 1.61. The second kappa shape index (κ2) is 5.56. The molecule has 0 saturated heterocycles. The monoisotopic (exact) mass is 258 g/mol. The summed E-state index contributed by atoms with van der Waals surface area (Å²) in [6, 6.07) is 11.9. The van der Waals surface area contributed by atoms with E-state index in [2.05, 4.69) is 29.8 Å². The molecule has 0 aliphatic heterocycles. The van der Waals surface area contributed by atoms with Crippen LogP contribution in [0.4, 0.5) is 5.69 Å². The summed E-state index contributed by atoms with van der Waals surface area (Å²) >= 11 is 1.72. The molecule has 1 aromatic carbocycles. The minimum atomic E-state index is 0.215. The maximum absolute atomic E-state index is 8.86. The van der Waals surface area contributed by atoms with Gasteiger partial charge in [0.05, 0.1) is 30.5 Å². The normalized spacial score (nSPS) is 11.6. The lowest BCUT2D eigenvalue weighted by Gasteiger charge is -2.16. The standard InChI is InChI=1S/C14H14N2OS/c1-10(14-4-3-7-18-14)16-12-6-5-11(9-15)8-13(12)17-2/h3-8,10,16H,1-2H3. The molecule has 1 atom stereocenters. The molecule has 3 nitrogen and oxygen atoms in total. The summed E-state index contributed by atoms with van der Waals surface area (Å²) in [5.41, 5.74) is 1.50. The number of nitriles is 1. The van der Waals surface area contributed by atoms with Gasteiger partial charge in [-0.2, -0.15) is 5.26 Å². The maximum atomic E-state index is 8.86. The predicted octanol–water partition coefficient (Wildman–Crippen LogP) is 3.80. The van der Waals surface area contributed by atoms with Crippen LogP contribution in [0.2, 0.25) is 0 Å². The Labute approximate surface area is 111 Å². The molecule has 1 unspecified atom stereocenters. The van der Waals surface area contributed by atoms with Crippen molar-refractivity contribution in [1.29, 1.82) is 5.26 Å². The van der Waals surface area contributed by atoms with Gasteiger partial charge in [0.1, 0.15) is 5.75 Å². The van der Waals surface area contributed by atoms with Crippen molar-refractivity contribution in [3.63, 3.8) is 0 Å². The molecule has 0 bridgehead atoms. The summed E-state index contributed by atoms with van der Waals surface area (Å²) in [4.78, 5) is 1.27. The van der Waals surface area contributed by atoms with Gasteiger partial charge in [-0.05, 0) is 30.5 Å². The summed E-state index contributed by atoms with van der Waals surface area (Å²) in [5.74, 6) is 0.692. The van der Waals surface area contributed by atoms with Gasteiger partial charge in [0.2, 0.25) is 0 Å². The summed E-state index contributed by atoms with van der Waals surface area (Å²) in [5, 5.41) is 14.3. The molecule has 0 aliphatic carbocycles. The van der Waals surface area contributed by atoms with Gasteiger partial charge in [-0.1, -0.05) is 6.07 Å². The second-order valence-electron chi connectivity index (χ2n) is 3.91. The number of nitrogens with one attached hydrogen (secondary N) is 1. The molecular formula is C14H14N2OS. The first-order valence-corrected chi connectivity index (χ1v) is 6.50. The molecule has 2 rings (SSSR count). The smallest absolute Gasteiger partial charge is 0.143 e. The number of benzene rings is 1. The van der Waals surface area contributed by atoms with Gasteiger partial charge in [0.15, 0.2) is 0 Å². The number of thiophene rings is 1. The Morgan fingerprint density at radius 2 is 2.22 bits per heavy atom. The Bertz CT molecular complexity index is 558. The van der Waals surface area contributed by atoms with Crippen LogP contribution in [0, 0.1) is 11.3 Å². The molecule has 0 fully saturated rings. The summed E-state index contributed by atoms with van der Waals surface area (Å²) in [6.07, 6.45) is 0. The Morgan fingerprint density at radius 1 is 1.39 bits per heavy atom. The number of hydrogen-bond donors (Lipinski definition) is 1. The van der Waals surface area contributed by atoms with E-state index in [1.54, 1.807) is 30.6 Å². The van der Waals surface area contributed by atoms with Crippen LogP contribution < -0.4 is 10.1 Å². The molecule has 0 aliphatic rings. The van der Waals surface area contributed by atoms with Crippen LogP contribution in [0.3, 0.4) is 0 Å². The van der Waals surface area contributed by atoms with Gasteiger partial charge >= 0.3 is 0 Å². The zero-order chi connectivity index (χ0) is 13.0. The predicted molar refractivity (Wildman–Crippen MR) is 74.1 cm³/mol. The third-order valence-electron chi connectivity index (χ3n) is 2.67. The van der Waals surface area contributed by atoms with Crippen molar-refractivity contribution < 1.29 is 4.74 Å². The fourth-order valence-corrected chi connectivity index (χ4v) is 2.46. The number of methoxy groups -OCH3 is 1. The van der Waals surface area contributed by atoms with Crippen LogP contribution in [-0.2, 0) is 0 Å². The molecule has 1 aromatic heterocycles. The third-order valence-corrected chi connectivity index (χ3v) is 3.73. The average Bonchev–Trinajstić information content (AvgIpc) is 2.93. The van der Waals surface area contributed by atoms with E-state index in [4.69, 9.17) is 10.00 Å². The van der Waals surface area contributed by atoms with Crippen molar-refractivity contribution in [1.82, 2.24) is 0 Å². The number of ether oxygens (including phenoxy) is 1. The van der Waals surface area contributed by atoms with Crippen molar-refractivity contribution in [2.45, 2.75) is 13.0 Å².